The van der Waals surface area contributed by atoms with Crippen LogP contribution in [0, 0.1) is 0 Å². The molecule has 2 fully saturated rings. The van der Waals surface area contributed by atoms with Gasteiger partial charge in [-0.1, -0.05) is 11.6 Å². The molecule has 0 radical (unpaired) electrons. The molecule has 2 aliphatic heterocycles. The Labute approximate surface area is 178 Å². The Balaban J connectivity index is 0.00000280. The summed E-state index contributed by atoms with van der Waals surface area (Å²) in [4.78, 5) is 16.9. The molecule has 1 aromatic carbocycles. The Morgan fingerprint density at radius 2 is 1.79 bits per heavy atom. The molecule has 0 aromatic heterocycles. The number of likely N-dealkylation sites (tertiary alicyclic amines) is 1. The van der Waals surface area contributed by atoms with Gasteiger partial charge in [-0.25, -0.2) is 8.42 Å². The van der Waals surface area contributed by atoms with Crippen molar-refractivity contribution in [2.75, 3.05) is 53.5 Å². The molecule has 2 aliphatic rings. The molecule has 0 unspecified atom stereocenters. The monoisotopic (exact) mass is 450 g/mol. The fourth-order valence-corrected chi connectivity index (χ4v) is 5.42. The van der Waals surface area contributed by atoms with E-state index in [0.717, 1.165) is 25.9 Å². The number of benzene rings is 1. The molecule has 7 nitrogen and oxygen atoms in total. The van der Waals surface area contributed by atoms with Gasteiger partial charge in [0.05, 0.1) is 18.2 Å². The number of amides is 1. The number of rotatable bonds is 4. The van der Waals surface area contributed by atoms with E-state index < -0.39 is 10.0 Å². The normalized spacial score (nSPS) is 19.8. The van der Waals surface area contributed by atoms with Gasteiger partial charge in [-0.05, 0) is 51.2 Å². The zero-order valence-electron chi connectivity index (χ0n) is 16.1. The van der Waals surface area contributed by atoms with Crippen LogP contribution in [0.5, 0.6) is 0 Å². The number of morpholine rings is 1. The highest BCUT2D eigenvalue weighted by molar-refractivity contribution is 7.89. The Hall–Kier alpha value is -0.900. The summed E-state index contributed by atoms with van der Waals surface area (Å²) in [5.41, 5.74) is 0.340. The maximum Gasteiger partial charge on any atom is 0.253 e. The zero-order valence-corrected chi connectivity index (χ0v) is 18.4. The van der Waals surface area contributed by atoms with Gasteiger partial charge in [0.2, 0.25) is 10.0 Å². The first-order valence-electron chi connectivity index (χ1n) is 9.14. The highest BCUT2D eigenvalue weighted by Crippen LogP contribution is 2.27. The van der Waals surface area contributed by atoms with Crippen LogP contribution in [0.1, 0.15) is 23.2 Å². The molecule has 2 heterocycles. The second-order valence-electron chi connectivity index (χ2n) is 7.11. The van der Waals surface area contributed by atoms with E-state index in [4.69, 9.17) is 16.3 Å². The van der Waals surface area contributed by atoms with E-state index in [1.165, 1.54) is 16.4 Å². The molecule has 1 aromatic rings. The summed E-state index contributed by atoms with van der Waals surface area (Å²) in [5.74, 6) is -0.181. The lowest BCUT2D eigenvalue weighted by Crippen LogP contribution is -3.00. The number of sulfonamides is 1. The van der Waals surface area contributed by atoms with Crippen molar-refractivity contribution >= 4 is 27.5 Å². The van der Waals surface area contributed by atoms with Crippen molar-refractivity contribution in [1.29, 1.82) is 0 Å². The van der Waals surface area contributed by atoms with Crippen LogP contribution < -0.4 is 12.4 Å². The minimum atomic E-state index is -3.76. The number of hydrogen-bond donors (Lipinski definition) is 0. The molecule has 0 saturated carbocycles. The van der Waals surface area contributed by atoms with Crippen molar-refractivity contribution in [2.24, 2.45) is 0 Å². The van der Waals surface area contributed by atoms with E-state index >= 15 is 0 Å². The van der Waals surface area contributed by atoms with E-state index in [-0.39, 0.29) is 47.4 Å². The molecule has 3 rings (SSSR count). The second-order valence-corrected chi connectivity index (χ2v) is 9.43. The number of nitrogens with zero attached hydrogens (tertiary/aromatic N) is 3. The summed E-state index contributed by atoms with van der Waals surface area (Å²) < 4.78 is 32.5. The van der Waals surface area contributed by atoms with Crippen LogP contribution in [-0.2, 0) is 14.8 Å². The molecule has 158 valence electrons. The number of carbonyl (C=O) groups excluding carboxylic acids is 1. The van der Waals surface area contributed by atoms with Gasteiger partial charge in [-0.3, -0.25) is 4.79 Å². The summed E-state index contributed by atoms with van der Waals surface area (Å²) in [6.07, 6.45) is 1.82. The average molecular weight is 451 g/mol. The first-order valence-corrected chi connectivity index (χ1v) is 11.0. The van der Waals surface area contributed by atoms with Crippen molar-refractivity contribution in [3.63, 3.8) is 0 Å². The Morgan fingerprint density at radius 1 is 1.18 bits per heavy atom. The third kappa shape index (κ3) is 4.98. The minimum Gasteiger partial charge on any atom is -1.00 e. The number of carbonyl (C=O) groups is 1. The van der Waals surface area contributed by atoms with Crippen molar-refractivity contribution in [3.8, 4) is 0 Å². The third-order valence-corrected chi connectivity index (χ3v) is 7.70. The summed E-state index contributed by atoms with van der Waals surface area (Å²) in [6.45, 7) is 3.17. The molecule has 0 bridgehead atoms. The van der Waals surface area contributed by atoms with Crippen LogP contribution in [0.4, 0.5) is 0 Å². The van der Waals surface area contributed by atoms with Gasteiger partial charge in [0.25, 0.3) is 5.91 Å². The minimum absolute atomic E-state index is 0. The van der Waals surface area contributed by atoms with Crippen LogP contribution in [0.2, 0.25) is 5.02 Å². The first-order chi connectivity index (χ1) is 12.8. The maximum absolute atomic E-state index is 12.9. The van der Waals surface area contributed by atoms with Crippen molar-refractivity contribution < 1.29 is 30.4 Å². The van der Waals surface area contributed by atoms with Crippen LogP contribution >= 0.6 is 11.6 Å². The maximum atomic E-state index is 12.9. The van der Waals surface area contributed by atoms with E-state index in [1.54, 1.807) is 18.0 Å². The molecule has 28 heavy (non-hydrogen) atoms. The highest BCUT2D eigenvalue weighted by atomic mass is 35.5. The molecule has 0 atom stereocenters. The molecule has 0 spiro atoms. The third-order valence-electron chi connectivity index (χ3n) is 5.32. The molecule has 1 amide bonds. The van der Waals surface area contributed by atoms with E-state index in [2.05, 4.69) is 11.9 Å². The Bertz CT molecular complexity index is 792. The predicted molar refractivity (Wildman–Crippen MR) is 104 cm³/mol. The predicted octanol–water partition coefficient (Wildman–Crippen LogP) is -1.47. The fraction of sp³-hybridized carbons (Fsp3) is 0.611. The fourth-order valence-electron chi connectivity index (χ4n) is 3.51. The van der Waals surface area contributed by atoms with Crippen LogP contribution in [-0.4, -0.2) is 88.0 Å². The molecule has 2 saturated heterocycles. The van der Waals surface area contributed by atoms with Gasteiger partial charge in [0, 0.05) is 31.7 Å². The van der Waals surface area contributed by atoms with Crippen molar-refractivity contribution in [1.82, 2.24) is 14.1 Å². The van der Waals surface area contributed by atoms with E-state index in [1.807, 2.05) is 0 Å². The Kier molecular flexibility index (Phi) is 8.13. The summed E-state index contributed by atoms with van der Waals surface area (Å²) in [5, 5.41) is 0.125. The molecular weight excluding hydrogens is 425 g/mol. The van der Waals surface area contributed by atoms with Crippen LogP contribution in [0.3, 0.4) is 0 Å². The number of piperidine rings is 1. The van der Waals surface area contributed by atoms with Crippen molar-refractivity contribution in [2.45, 2.75) is 23.8 Å². The number of hydrogen-bond acceptors (Lipinski definition) is 5. The van der Waals surface area contributed by atoms with Gasteiger partial charge in [-0.15, -0.1) is 0 Å². The lowest BCUT2D eigenvalue weighted by Gasteiger charge is -2.35. The van der Waals surface area contributed by atoms with Gasteiger partial charge in [-0.2, -0.15) is 4.31 Å². The molecule has 0 aliphatic carbocycles. The second kappa shape index (κ2) is 9.73. The highest BCUT2D eigenvalue weighted by Gasteiger charge is 2.30. The quantitative estimate of drug-likeness (QED) is 0.560. The van der Waals surface area contributed by atoms with E-state index in [9.17, 15) is 13.2 Å². The van der Waals surface area contributed by atoms with Crippen molar-refractivity contribution in [3.05, 3.63) is 28.8 Å². The Morgan fingerprint density at radius 3 is 2.39 bits per heavy atom. The number of ether oxygens (including phenoxy) is 1. The summed E-state index contributed by atoms with van der Waals surface area (Å²) in [6, 6.07) is 4.64. The molecular formula is C18H26Cl2N3O4S-. The van der Waals surface area contributed by atoms with Gasteiger partial charge in [0.15, 0.2) is 0 Å². The lowest BCUT2D eigenvalue weighted by molar-refractivity contribution is -0.0000191. The summed E-state index contributed by atoms with van der Waals surface area (Å²) in [7, 11) is 0.0877. The van der Waals surface area contributed by atoms with Gasteiger partial charge in [0.1, 0.15) is 4.90 Å². The molecule has 10 heteroatoms. The smallest absolute Gasteiger partial charge is 0.253 e. The average Bonchev–Trinajstić information content (AvgIpc) is 2.68. The van der Waals surface area contributed by atoms with Crippen LogP contribution in [0.15, 0.2) is 23.1 Å². The van der Waals surface area contributed by atoms with Gasteiger partial charge >= 0.3 is 0 Å². The molecule has 0 N–H and O–H groups in total. The standard InChI is InChI=1S/C18H26ClN3O4S.ClH/c1-20-7-5-15(6-8-20)21(2)18(23)14-3-4-16(19)17(13-14)27(24,25)22-9-11-26-12-10-22;/h3-4,13,15H,5-12H2,1-2H3;1H/p-1. The zero-order chi connectivity index (χ0) is 19.6. The SMILES string of the molecule is CN1CCC(N(C)C(=O)c2ccc(Cl)c(S(=O)(=O)N3CCOCC3)c2)CC1.[Cl-]. The first kappa shape index (κ1) is 23.4. The van der Waals surface area contributed by atoms with Crippen LogP contribution in [0.25, 0.3) is 0 Å². The lowest BCUT2D eigenvalue weighted by atomic mass is 10.0. The largest absolute Gasteiger partial charge is 1.00 e. The topological polar surface area (TPSA) is 70.2 Å². The number of halogens is 2. The summed E-state index contributed by atoms with van der Waals surface area (Å²) >= 11 is 6.18. The van der Waals surface area contributed by atoms with Gasteiger partial charge < -0.3 is 26.9 Å². The van der Waals surface area contributed by atoms with E-state index in [0.29, 0.717) is 18.8 Å².